The molecule has 0 amide bonds. The molecule has 0 nitrogen and oxygen atoms in total. The molecule has 27 heavy (non-hydrogen) atoms. The number of rotatable bonds is 10. The Morgan fingerprint density at radius 1 is 0.852 bits per heavy atom. The minimum atomic E-state index is 0.512. The van der Waals surface area contributed by atoms with Crippen LogP contribution in [0.25, 0.3) is 0 Å². The summed E-state index contributed by atoms with van der Waals surface area (Å²) in [7, 11) is 0. The smallest absolute Gasteiger partial charge is 0.00469 e. The van der Waals surface area contributed by atoms with Crippen molar-refractivity contribution in [2.45, 2.75) is 128 Å². The van der Waals surface area contributed by atoms with Crippen LogP contribution < -0.4 is 0 Å². The Hall–Kier alpha value is -0.780. The van der Waals surface area contributed by atoms with Crippen molar-refractivity contribution in [1.82, 2.24) is 0 Å². The van der Waals surface area contributed by atoms with Crippen molar-refractivity contribution in [3.05, 3.63) is 34.9 Å². The maximum atomic E-state index is 2.67. The van der Waals surface area contributed by atoms with E-state index in [2.05, 4.69) is 32.0 Å². The van der Waals surface area contributed by atoms with E-state index in [1.165, 1.54) is 109 Å². The molecular formula is C27H44. The summed E-state index contributed by atoms with van der Waals surface area (Å²) in [5.74, 6) is 0.945. The minimum absolute atomic E-state index is 0.512. The van der Waals surface area contributed by atoms with E-state index in [4.69, 9.17) is 0 Å². The molecule has 0 heteroatoms. The van der Waals surface area contributed by atoms with Gasteiger partial charge in [-0.15, -0.1) is 0 Å². The van der Waals surface area contributed by atoms with Crippen LogP contribution in [-0.2, 0) is 18.3 Å². The van der Waals surface area contributed by atoms with E-state index in [0.717, 1.165) is 5.92 Å². The van der Waals surface area contributed by atoms with Crippen LogP contribution in [0.1, 0.15) is 127 Å². The monoisotopic (exact) mass is 368 g/mol. The second kappa shape index (κ2) is 10.7. The molecule has 0 N–H and O–H groups in total. The molecule has 1 unspecified atom stereocenters. The van der Waals surface area contributed by atoms with E-state index in [1.807, 2.05) is 0 Å². The molecule has 1 aromatic carbocycles. The maximum absolute atomic E-state index is 2.67. The summed E-state index contributed by atoms with van der Waals surface area (Å²) in [6.07, 6.45) is 24.1. The first-order valence-electron chi connectivity index (χ1n) is 12.4. The zero-order chi connectivity index (χ0) is 19.0. The lowest BCUT2D eigenvalue weighted by atomic mass is 9.65. The first kappa shape index (κ1) is 20.9. The van der Waals surface area contributed by atoms with Gasteiger partial charge in [0.25, 0.3) is 0 Å². The highest BCUT2D eigenvalue weighted by Gasteiger charge is 2.34. The van der Waals surface area contributed by atoms with Gasteiger partial charge in [0, 0.05) is 0 Å². The van der Waals surface area contributed by atoms with Gasteiger partial charge in [0.2, 0.25) is 0 Å². The molecule has 1 atom stereocenters. The van der Waals surface area contributed by atoms with Gasteiger partial charge in [0.15, 0.2) is 0 Å². The van der Waals surface area contributed by atoms with Gasteiger partial charge < -0.3 is 0 Å². The molecule has 1 fully saturated rings. The van der Waals surface area contributed by atoms with Crippen LogP contribution in [0.15, 0.2) is 18.2 Å². The number of aryl methyl sites for hydroxylation is 1. The highest BCUT2D eigenvalue weighted by molar-refractivity contribution is 5.38. The molecule has 3 rings (SSSR count). The number of fused-ring (bicyclic) bond motifs is 1. The third kappa shape index (κ3) is 5.61. The first-order chi connectivity index (χ1) is 13.3. The molecule has 0 bridgehead atoms. The van der Waals surface area contributed by atoms with Crippen LogP contribution in [0.5, 0.6) is 0 Å². The zero-order valence-corrected chi connectivity index (χ0v) is 18.3. The predicted octanol–water partition coefficient (Wildman–Crippen LogP) is 8.54. The third-order valence-electron chi connectivity index (χ3n) is 7.67. The van der Waals surface area contributed by atoms with Crippen LogP contribution in [0.4, 0.5) is 0 Å². The quantitative estimate of drug-likeness (QED) is 0.363. The molecule has 1 aromatic rings. The molecule has 0 spiro atoms. The fraction of sp³-hybridized carbons (Fsp3) is 0.778. The van der Waals surface area contributed by atoms with Crippen LogP contribution in [0.3, 0.4) is 0 Å². The average Bonchev–Trinajstić information content (AvgIpc) is 2.71. The number of benzene rings is 1. The van der Waals surface area contributed by atoms with Crippen molar-refractivity contribution >= 4 is 0 Å². The third-order valence-corrected chi connectivity index (χ3v) is 7.67. The van der Waals surface area contributed by atoms with Crippen LogP contribution in [-0.4, -0.2) is 0 Å². The van der Waals surface area contributed by atoms with Crippen LogP contribution >= 0.6 is 0 Å². The number of unbranched alkanes of at least 4 members (excludes halogenated alkanes) is 5. The summed E-state index contributed by atoms with van der Waals surface area (Å²) in [4.78, 5) is 0. The van der Waals surface area contributed by atoms with Crippen molar-refractivity contribution < 1.29 is 0 Å². The van der Waals surface area contributed by atoms with Crippen molar-refractivity contribution in [2.75, 3.05) is 0 Å². The molecule has 0 aliphatic heterocycles. The van der Waals surface area contributed by atoms with E-state index in [-0.39, 0.29) is 0 Å². The van der Waals surface area contributed by atoms with Crippen LogP contribution in [0, 0.1) is 5.92 Å². The van der Waals surface area contributed by atoms with Crippen molar-refractivity contribution in [1.29, 1.82) is 0 Å². The summed E-state index contributed by atoms with van der Waals surface area (Å²) < 4.78 is 0. The number of hydrogen-bond donors (Lipinski definition) is 0. The molecule has 0 aromatic heterocycles. The van der Waals surface area contributed by atoms with Crippen molar-refractivity contribution in [2.24, 2.45) is 5.92 Å². The lowest BCUT2D eigenvalue weighted by Gasteiger charge is -2.39. The Bertz CT molecular complexity index is 549. The van der Waals surface area contributed by atoms with Crippen molar-refractivity contribution in [3.63, 3.8) is 0 Å². The Morgan fingerprint density at radius 2 is 1.63 bits per heavy atom. The Labute approximate surface area is 169 Å². The highest BCUT2D eigenvalue weighted by Crippen LogP contribution is 2.44. The van der Waals surface area contributed by atoms with E-state index < -0.39 is 0 Å². The van der Waals surface area contributed by atoms with Gasteiger partial charge in [0.05, 0.1) is 0 Å². The molecule has 2 aliphatic carbocycles. The Balaban J connectivity index is 1.66. The minimum Gasteiger partial charge on any atom is -0.0654 e. The lowest BCUT2D eigenvalue weighted by Crippen LogP contribution is -2.29. The molecule has 1 saturated carbocycles. The van der Waals surface area contributed by atoms with E-state index in [1.54, 1.807) is 16.7 Å². The molecule has 0 saturated heterocycles. The van der Waals surface area contributed by atoms with Gasteiger partial charge in [0.1, 0.15) is 0 Å². The summed E-state index contributed by atoms with van der Waals surface area (Å²) in [5, 5.41) is 0. The standard InChI is InChI=1S/C27H44/c1-3-5-6-7-8-10-18-27(19-11-9-12-20-27)26-17-16-24-21-23(13-4-2)14-15-25(24)22-26/h16-17,22-23H,3-15,18-21H2,1-2H3. The topological polar surface area (TPSA) is 0 Å². The molecular weight excluding hydrogens is 324 g/mol. The van der Waals surface area contributed by atoms with E-state index >= 15 is 0 Å². The second-order valence-electron chi connectivity index (χ2n) is 9.74. The first-order valence-corrected chi connectivity index (χ1v) is 12.4. The summed E-state index contributed by atoms with van der Waals surface area (Å²) in [5.41, 5.74) is 5.60. The van der Waals surface area contributed by atoms with Gasteiger partial charge in [-0.2, -0.15) is 0 Å². The largest absolute Gasteiger partial charge is 0.0654 e. The Kier molecular flexibility index (Phi) is 8.28. The SMILES string of the molecule is CCCCCCCCC1(c2ccc3c(c2)CCC(CCC)C3)CCCCC1. The van der Waals surface area contributed by atoms with E-state index in [9.17, 15) is 0 Å². The molecule has 0 radical (unpaired) electrons. The van der Waals surface area contributed by atoms with Gasteiger partial charge in [-0.1, -0.05) is 103 Å². The fourth-order valence-electron chi connectivity index (χ4n) is 5.97. The molecule has 2 aliphatic rings. The van der Waals surface area contributed by atoms with Crippen LogP contribution in [0.2, 0.25) is 0 Å². The van der Waals surface area contributed by atoms with Crippen molar-refractivity contribution in [3.8, 4) is 0 Å². The fourth-order valence-corrected chi connectivity index (χ4v) is 5.97. The highest BCUT2D eigenvalue weighted by atomic mass is 14.4. The van der Waals surface area contributed by atoms with Gasteiger partial charge in [-0.05, 0) is 66.5 Å². The summed E-state index contributed by atoms with van der Waals surface area (Å²) in [6, 6.07) is 7.75. The summed E-state index contributed by atoms with van der Waals surface area (Å²) in [6.45, 7) is 4.66. The average molecular weight is 369 g/mol. The summed E-state index contributed by atoms with van der Waals surface area (Å²) >= 11 is 0. The van der Waals surface area contributed by atoms with Gasteiger partial charge >= 0.3 is 0 Å². The lowest BCUT2D eigenvalue weighted by molar-refractivity contribution is 0.264. The molecule has 0 heterocycles. The van der Waals surface area contributed by atoms with Gasteiger partial charge in [-0.25, -0.2) is 0 Å². The molecule has 152 valence electrons. The second-order valence-corrected chi connectivity index (χ2v) is 9.74. The maximum Gasteiger partial charge on any atom is -0.00469 e. The van der Waals surface area contributed by atoms with E-state index in [0.29, 0.717) is 5.41 Å². The normalized spacial score (nSPS) is 21.8. The Morgan fingerprint density at radius 3 is 2.41 bits per heavy atom. The zero-order valence-electron chi connectivity index (χ0n) is 18.3. The number of hydrogen-bond acceptors (Lipinski definition) is 0. The predicted molar refractivity (Wildman–Crippen MR) is 120 cm³/mol. The van der Waals surface area contributed by atoms with Gasteiger partial charge in [-0.3, -0.25) is 0 Å².